The van der Waals surface area contributed by atoms with Gasteiger partial charge in [0.25, 0.3) is 0 Å². The lowest BCUT2D eigenvalue weighted by Gasteiger charge is -2.18. The molecule has 0 fully saturated rings. The molecule has 110 valence electrons. The van der Waals surface area contributed by atoms with E-state index in [-0.39, 0.29) is 0 Å². The molecule has 0 aromatic heterocycles. The number of esters is 2. The van der Waals surface area contributed by atoms with Gasteiger partial charge in [0.05, 0.1) is 5.56 Å². The number of carbonyl (C=O) groups excluding carboxylic acids is 3. The molecule has 0 aliphatic carbocycles. The summed E-state index contributed by atoms with van der Waals surface area (Å²) in [7, 11) is 0. The van der Waals surface area contributed by atoms with Gasteiger partial charge in [-0.05, 0) is 12.1 Å². The monoisotopic (exact) mass is 301 g/mol. The fraction of sp³-hybridized carbons (Fsp3) is 0.0833. The van der Waals surface area contributed by atoms with Crippen LogP contribution < -0.4 is 15.2 Å². The predicted octanol–water partition coefficient (Wildman–Crippen LogP) is 1.18. The number of fused-ring (bicyclic) bond motifs is 1. The average molecular weight is 301 g/mol. The van der Waals surface area contributed by atoms with Gasteiger partial charge in [0.2, 0.25) is 5.91 Å². The lowest BCUT2D eigenvalue weighted by atomic mass is 10.0. The van der Waals surface area contributed by atoms with Gasteiger partial charge in [-0.3, -0.25) is 4.79 Å². The summed E-state index contributed by atoms with van der Waals surface area (Å²) in [6, 6.07) is 1.62. The van der Waals surface area contributed by atoms with Crippen LogP contribution in [0.3, 0.4) is 0 Å². The Morgan fingerprint density at radius 2 is 1.62 bits per heavy atom. The first kappa shape index (κ1) is 14.6. The molecule has 0 spiro atoms. The Balaban J connectivity index is 2.75. The van der Waals surface area contributed by atoms with Crippen molar-refractivity contribution in [3.63, 3.8) is 0 Å². The van der Waals surface area contributed by atoms with E-state index in [1.54, 1.807) is 0 Å². The Hall–Kier alpha value is -2.84. The van der Waals surface area contributed by atoms with Crippen molar-refractivity contribution in [2.75, 3.05) is 0 Å². The SMILES string of the molecule is NC(=O)c1ccc2c(c1C(F)(F)F)OC(=O)/C=C\C(=O)O2. The molecule has 21 heavy (non-hydrogen) atoms. The summed E-state index contributed by atoms with van der Waals surface area (Å²) in [6.45, 7) is 0. The number of primary amides is 1. The van der Waals surface area contributed by atoms with Crippen molar-refractivity contribution in [3.8, 4) is 11.5 Å². The molecule has 6 nitrogen and oxygen atoms in total. The maximum Gasteiger partial charge on any atom is 0.420 e. The Morgan fingerprint density at radius 1 is 1.05 bits per heavy atom. The molecule has 1 aliphatic rings. The van der Waals surface area contributed by atoms with Crippen LogP contribution in [0.15, 0.2) is 24.3 Å². The van der Waals surface area contributed by atoms with E-state index in [1.165, 1.54) is 0 Å². The minimum Gasteiger partial charge on any atom is -0.419 e. The van der Waals surface area contributed by atoms with E-state index < -0.39 is 46.6 Å². The molecule has 0 bridgehead atoms. The third-order valence-electron chi connectivity index (χ3n) is 2.44. The van der Waals surface area contributed by atoms with E-state index in [0.29, 0.717) is 12.2 Å². The minimum absolute atomic E-state index is 0.600. The summed E-state index contributed by atoms with van der Waals surface area (Å²) in [5.41, 5.74) is 2.39. The third kappa shape index (κ3) is 2.86. The molecule has 1 aliphatic heterocycles. The lowest BCUT2D eigenvalue weighted by Crippen LogP contribution is -2.23. The predicted molar refractivity (Wildman–Crippen MR) is 60.4 cm³/mol. The molecular formula is C12H6F3NO5. The van der Waals surface area contributed by atoms with E-state index in [4.69, 9.17) is 5.73 Å². The van der Waals surface area contributed by atoms with E-state index in [2.05, 4.69) is 9.47 Å². The van der Waals surface area contributed by atoms with Gasteiger partial charge < -0.3 is 15.2 Å². The fourth-order valence-electron chi connectivity index (χ4n) is 1.65. The maximum absolute atomic E-state index is 13.1. The van der Waals surface area contributed by atoms with Crippen LogP contribution in [0.5, 0.6) is 11.5 Å². The van der Waals surface area contributed by atoms with Crippen LogP contribution in [0, 0.1) is 0 Å². The number of hydrogen-bond acceptors (Lipinski definition) is 5. The molecule has 1 heterocycles. The second-order valence-corrected chi connectivity index (χ2v) is 3.85. The summed E-state index contributed by atoms with van der Waals surface area (Å²) in [5, 5.41) is 0. The first-order valence-corrected chi connectivity index (χ1v) is 5.36. The van der Waals surface area contributed by atoms with Crippen molar-refractivity contribution in [1.82, 2.24) is 0 Å². The molecule has 0 saturated carbocycles. The van der Waals surface area contributed by atoms with Crippen LogP contribution in [-0.2, 0) is 15.8 Å². The molecule has 2 N–H and O–H groups in total. The van der Waals surface area contributed by atoms with Gasteiger partial charge in [0, 0.05) is 12.2 Å². The normalized spacial score (nSPS) is 16.1. The summed E-state index contributed by atoms with van der Waals surface area (Å²) in [4.78, 5) is 33.7. The fourth-order valence-corrected chi connectivity index (χ4v) is 1.65. The van der Waals surface area contributed by atoms with Gasteiger partial charge in [-0.25, -0.2) is 9.59 Å². The molecule has 0 unspecified atom stereocenters. The molecule has 9 heteroatoms. The van der Waals surface area contributed by atoms with E-state index >= 15 is 0 Å². The highest BCUT2D eigenvalue weighted by Gasteiger charge is 2.41. The standard InChI is InChI=1S/C12H6F3NO5/c13-12(14,15)9-5(11(16)19)1-2-6-10(9)21-8(18)4-3-7(17)20-6/h1-4H,(H2,16,19)/b4-3-. The molecule has 0 radical (unpaired) electrons. The van der Waals surface area contributed by atoms with Crippen LogP contribution in [0.1, 0.15) is 15.9 Å². The Bertz CT molecular complexity index is 678. The second-order valence-electron chi connectivity index (χ2n) is 3.85. The van der Waals surface area contributed by atoms with Gasteiger partial charge in [-0.2, -0.15) is 13.2 Å². The number of nitrogens with two attached hydrogens (primary N) is 1. The lowest BCUT2D eigenvalue weighted by molar-refractivity contribution is -0.142. The summed E-state index contributed by atoms with van der Waals surface area (Å²) < 4.78 is 48.4. The molecule has 0 atom stereocenters. The first-order chi connectivity index (χ1) is 9.70. The van der Waals surface area contributed by atoms with Gasteiger partial charge in [0.15, 0.2) is 11.5 Å². The van der Waals surface area contributed by atoms with Crippen molar-refractivity contribution in [2.24, 2.45) is 5.73 Å². The minimum atomic E-state index is -5.05. The molecule has 2 rings (SSSR count). The number of halogens is 3. The zero-order valence-electron chi connectivity index (χ0n) is 10.1. The number of carbonyl (C=O) groups is 3. The van der Waals surface area contributed by atoms with Crippen LogP contribution in [0.4, 0.5) is 13.2 Å². The average Bonchev–Trinajstić information content (AvgIpc) is 2.34. The summed E-state index contributed by atoms with van der Waals surface area (Å²) >= 11 is 0. The first-order valence-electron chi connectivity index (χ1n) is 5.36. The molecule has 1 amide bonds. The Morgan fingerprint density at radius 3 is 2.14 bits per heavy atom. The number of ether oxygens (including phenoxy) is 2. The van der Waals surface area contributed by atoms with E-state index in [9.17, 15) is 27.6 Å². The van der Waals surface area contributed by atoms with Crippen LogP contribution >= 0.6 is 0 Å². The van der Waals surface area contributed by atoms with Crippen LogP contribution in [-0.4, -0.2) is 17.8 Å². The van der Waals surface area contributed by atoms with Crippen LogP contribution in [0.2, 0.25) is 0 Å². The highest BCUT2D eigenvalue weighted by Crippen LogP contribution is 2.44. The highest BCUT2D eigenvalue weighted by atomic mass is 19.4. The molecule has 0 saturated heterocycles. The summed E-state index contributed by atoms with van der Waals surface area (Å²) in [5.74, 6) is -5.38. The van der Waals surface area contributed by atoms with E-state index in [1.807, 2.05) is 0 Å². The summed E-state index contributed by atoms with van der Waals surface area (Å²) in [6.07, 6.45) is -3.76. The number of amides is 1. The van der Waals surface area contributed by atoms with Crippen molar-refractivity contribution >= 4 is 17.8 Å². The largest absolute Gasteiger partial charge is 0.420 e. The third-order valence-corrected chi connectivity index (χ3v) is 2.44. The second kappa shape index (κ2) is 4.93. The van der Waals surface area contributed by atoms with Crippen LogP contribution in [0.25, 0.3) is 0 Å². The van der Waals surface area contributed by atoms with Crippen molar-refractivity contribution < 1.29 is 37.0 Å². The van der Waals surface area contributed by atoms with Gasteiger partial charge >= 0.3 is 18.1 Å². The number of rotatable bonds is 1. The number of alkyl halides is 3. The molecule has 1 aromatic rings. The maximum atomic E-state index is 13.1. The molecule has 1 aromatic carbocycles. The topological polar surface area (TPSA) is 95.7 Å². The Labute approximate surface area is 114 Å². The number of hydrogen-bond donors (Lipinski definition) is 1. The van der Waals surface area contributed by atoms with Gasteiger partial charge in [-0.15, -0.1) is 0 Å². The number of benzene rings is 1. The van der Waals surface area contributed by atoms with Crippen molar-refractivity contribution in [1.29, 1.82) is 0 Å². The smallest absolute Gasteiger partial charge is 0.419 e. The van der Waals surface area contributed by atoms with Gasteiger partial charge in [0.1, 0.15) is 5.56 Å². The zero-order valence-corrected chi connectivity index (χ0v) is 10.1. The van der Waals surface area contributed by atoms with Crippen molar-refractivity contribution in [3.05, 3.63) is 35.4 Å². The quantitative estimate of drug-likeness (QED) is 0.621. The van der Waals surface area contributed by atoms with E-state index in [0.717, 1.165) is 12.1 Å². The zero-order chi connectivity index (χ0) is 15.8. The Kier molecular flexibility index (Phi) is 3.42. The van der Waals surface area contributed by atoms with Gasteiger partial charge in [-0.1, -0.05) is 0 Å². The highest BCUT2D eigenvalue weighted by molar-refractivity contribution is 5.98. The molecular weight excluding hydrogens is 295 g/mol. The van der Waals surface area contributed by atoms with Crippen molar-refractivity contribution in [2.45, 2.75) is 6.18 Å².